The number of aromatic amines is 1. The smallest absolute Gasteiger partial charge is 0.249 e. The summed E-state index contributed by atoms with van der Waals surface area (Å²) in [5, 5.41) is 9.86. The molecule has 1 atom stereocenters. The number of methoxy groups -OCH3 is 1. The lowest BCUT2D eigenvalue weighted by Gasteiger charge is -2.35. The van der Waals surface area contributed by atoms with Crippen LogP contribution in [0.1, 0.15) is 36.8 Å². The molecule has 192 valence electrons. The van der Waals surface area contributed by atoms with Gasteiger partial charge in [0.2, 0.25) is 11.8 Å². The third-order valence-corrected chi connectivity index (χ3v) is 5.37. The lowest BCUT2D eigenvalue weighted by Crippen LogP contribution is -2.40. The molecular weight excluding hydrogens is 456 g/mol. The first-order valence-corrected chi connectivity index (χ1v) is 11.8. The summed E-state index contributed by atoms with van der Waals surface area (Å²) in [6.07, 6.45) is 7.24. The number of ether oxygens (including phenoxy) is 4. The van der Waals surface area contributed by atoms with E-state index in [0.29, 0.717) is 57.8 Å². The summed E-state index contributed by atoms with van der Waals surface area (Å²) in [7, 11) is 1.63. The largest absolute Gasteiger partial charge is 0.465 e. The van der Waals surface area contributed by atoms with Gasteiger partial charge in [0, 0.05) is 25.8 Å². The Hall–Kier alpha value is -2.99. The van der Waals surface area contributed by atoms with E-state index in [2.05, 4.69) is 15.5 Å². The second kappa shape index (κ2) is 15.1. The van der Waals surface area contributed by atoms with Gasteiger partial charge in [-0.15, -0.1) is 0 Å². The number of H-pyrrole nitrogens is 1. The molecule has 0 spiro atoms. The molecule has 1 aliphatic rings. The van der Waals surface area contributed by atoms with Crippen LogP contribution >= 0.6 is 0 Å². The standard InChI is InChI=1S/C24H34N4O7/c1-31-11-12-32-13-14-33-15-16-34-18-24(30)28-9-3-2-6-21(28)20-17-22(27-26-20)25-23(29)8-7-19-5-4-10-35-19/h4-5,7-8,10,17,21H,2-3,6,9,11-16,18H2,1H3,(H2,25,26,27,29)/b8-7+/t21-/m1/s1. The average molecular weight is 491 g/mol. The predicted octanol–water partition coefficient (Wildman–Crippen LogP) is 2.40. The third kappa shape index (κ3) is 9.29. The van der Waals surface area contributed by atoms with Gasteiger partial charge in [-0.1, -0.05) is 0 Å². The number of furan rings is 1. The van der Waals surface area contributed by atoms with Crippen LogP contribution in [-0.2, 0) is 28.5 Å². The second-order valence-corrected chi connectivity index (χ2v) is 7.92. The number of nitrogens with one attached hydrogen (secondary N) is 2. The van der Waals surface area contributed by atoms with E-state index in [1.807, 2.05) is 4.90 Å². The summed E-state index contributed by atoms with van der Waals surface area (Å²) in [6.45, 7) is 3.40. The number of carbonyl (C=O) groups is 2. The molecule has 0 unspecified atom stereocenters. The molecule has 3 heterocycles. The van der Waals surface area contributed by atoms with Crippen LogP contribution in [0.15, 0.2) is 35.0 Å². The Balaban J connectivity index is 1.40. The molecule has 1 fully saturated rings. The zero-order chi connectivity index (χ0) is 24.7. The average Bonchev–Trinajstić information content (AvgIpc) is 3.56. The molecule has 1 saturated heterocycles. The molecule has 2 N–H and O–H groups in total. The monoisotopic (exact) mass is 490 g/mol. The highest BCUT2D eigenvalue weighted by molar-refractivity contribution is 6.01. The number of aromatic nitrogens is 2. The molecule has 3 rings (SSSR count). The molecule has 0 aliphatic carbocycles. The topological polar surface area (TPSA) is 128 Å². The highest BCUT2D eigenvalue weighted by Crippen LogP contribution is 2.30. The van der Waals surface area contributed by atoms with Crippen molar-refractivity contribution in [1.29, 1.82) is 0 Å². The number of hydrogen-bond acceptors (Lipinski definition) is 8. The van der Waals surface area contributed by atoms with E-state index in [4.69, 9.17) is 23.4 Å². The first kappa shape index (κ1) is 26.6. The van der Waals surface area contributed by atoms with E-state index >= 15 is 0 Å². The van der Waals surface area contributed by atoms with E-state index in [9.17, 15) is 9.59 Å². The van der Waals surface area contributed by atoms with Crippen molar-refractivity contribution >= 4 is 23.7 Å². The molecule has 0 saturated carbocycles. The number of piperidine rings is 1. The minimum Gasteiger partial charge on any atom is -0.465 e. The Morgan fingerprint density at radius 2 is 1.94 bits per heavy atom. The minimum absolute atomic E-state index is 0.0144. The fourth-order valence-corrected chi connectivity index (χ4v) is 3.66. The molecule has 0 bridgehead atoms. The van der Waals surface area contributed by atoms with Crippen molar-refractivity contribution in [2.75, 3.05) is 65.2 Å². The van der Waals surface area contributed by atoms with Crippen LogP contribution in [0.3, 0.4) is 0 Å². The quantitative estimate of drug-likeness (QED) is 0.288. The molecule has 2 amide bonds. The van der Waals surface area contributed by atoms with E-state index < -0.39 is 0 Å². The highest BCUT2D eigenvalue weighted by Gasteiger charge is 2.29. The molecule has 2 aromatic heterocycles. The van der Waals surface area contributed by atoms with E-state index in [1.165, 1.54) is 12.3 Å². The molecule has 1 aliphatic heterocycles. The maximum absolute atomic E-state index is 12.8. The van der Waals surface area contributed by atoms with Crippen LogP contribution < -0.4 is 5.32 Å². The summed E-state index contributed by atoms with van der Waals surface area (Å²) < 4.78 is 26.3. The van der Waals surface area contributed by atoms with Crippen LogP contribution in [0.25, 0.3) is 6.08 Å². The fourth-order valence-electron chi connectivity index (χ4n) is 3.66. The first-order chi connectivity index (χ1) is 17.2. The Kier molecular flexibility index (Phi) is 11.5. The number of anilines is 1. The Bertz CT molecular complexity index is 913. The van der Waals surface area contributed by atoms with Gasteiger partial charge in [0.05, 0.1) is 57.6 Å². The highest BCUT2D eigenvalue weighted by atomic mass is 16.6. The van der Waals surface area contributed by atoms with Crippen molar-refractivity contribution in [3.63, 3.8) is 0 Å². The van der Waals surface area contributed by atoms with Crippen molar-refractivity contribution < 1.29 is 33.0 Å². The predicted molar refractivity (Wildman–Crippen MR) is 128 cm³/mol. The SMILES string of the molecule is COCCOCCOCCOCC(=O)N1CCCC[C@@H]1c1cc(NC(=O)/C=C/c2ccco2)n[nH]1. The van der Waals surface area contributed by atoms with Gasteiger partial charge >= 0.3 is 0 Å². The van der Waals surface area contributed by atoms with Gasteiger partial charge < -0.3 is 33.6 Å². The van der Waals surface area contributed by atoms with E-state index in [-0.39, 0.29) is 24.5 Å². The van der Waals surface area contributed by atoms with E-state index in [0.717, 1.165) is 25.0 Å². The maximum atomic E-state index is 12.8. The lowest BCUT2D eigenvalue weighted by atomic mass is 9.99. The van der Waals surface area contributed by atoms with Crippen molar-refractivity contribution in [3.8, 4) is 0 Å². The lowest BCUT2D eigenvalue weighted by molar-refractivity contribution is -0.140. The summed E-state index contributed by atoms with van der Waals surface area (Å²) >= 11 is 0. The number of nitrogens with zero attached hydrogens (tertiary/aromatic N) is 2. The Labute approximate surface area is 204 Å². The van der Waals surface area contributed by atoms with Crippen molar-refractivity contribution in [2.45, 2.75) is 25.3 Å². The van der Waals surface area contributed by atoms with E-state index in [1.54, 1.807) is 31.4 Å². The molecule has 11 nitrogen and oxygen atoms in total. The second-order valence-electron chi connectivity index (χ2n) is 7.92. The summed E-state index contributed by atoms with van der Waals surface area (Å²) in [5.74, 6) is 0.569. The first-order valence-electron chi connectivity index (χ1n) is 11.8. The van der Waals surface area contributed by atoms with Crippen LogP contribution in [0.5, 0.6) is 0 Å². The van der Waals surface area contributed by atoms with Gasteiger partial charge in [0.1, 0.15) is 12.4 Å². The molecule has 11 heteroatoms. The number of amides is 2. The zero-order valence-corrected chi connectivity index (χ0v) is 20.1. The van der Waals surface area contributed by atoms with Gasteiger partial charge in [-0.3, -0.25) is 14.7 Å². The molecule has 2 aromatic rings. The van der Waals surface area contributed by atoms with Gasteiger partial charge in [0.25, 0.3) is 0 Å². The van der Waals surface area contributed by atoms with Gasteiger partial charge in [0.15, 0.2) is 5.82 Å². The summed E-state index contributed by atoms with van der Waals surface area (Å²) in [5.41, 5.74) is 0.778. The molecule has 35 heavy (non-hydrogen) atoms. The normalized spacial score (nSPS) is 16.1. The van der Waals surface area contributed by atoms with Crippen LogP contribution in [0.4, 0.5) is 5.82 Å². The molecule has 0 aromatic carbocycles. The van der Waals surface area contributed by atoms with Gasteiger partial charge in [-0.05, 0) is 37.5 Å². The van der Waals surface area contributed by atoms with Crippen molar-refractivity contribution in [2.24, 2.45) is 0 Å². The minimum atomic E-state index is -0.326. The van der Waals surface area contributed by atoms with Crippen LogP contribution in [0.2, 0.25) is 0 Å². The summed E-state index contributed by atoms with van der Waals surface area (Å²) in [6, 6.07) is 5.12. The number of rotatable bonds is 15. The number of likely N-dealkylation sites (tertiary alicyclic amines) is 1. The van der Waals surface area contributed by atoms with Gasteiger partial charge in [-0.2, -0.15) is 5.10 Å². The fraction of sp³-hybridized carbons (Fsp3) is 0.542. The Morgan fingerprint density at radius 1 is 1.17 bits per heavy atom. The zero-order valence-electron chi connectivity index (χ0n) is 20.1. The Morgan fingerprint density at radius 3 is 2.69 bits per heavy atom. The van der Waals surface area contributed by atoms with Crippen LogP contribution in [0, 0.1) is 0 Å². The van der Waals surface area contributed by atoms with Crippen molar-refractivity contribution in [3.05, 3.63) is 42.0 Å². The maximum Gasteiger partial charge on any atom is 0.249 e. The molecule has 0 radical (unpaired) electrons. The van der Waals surface area contributed by atoms with Crippen molar-refractivity contribution in [1.82, 2.24) is 15.1 Å². The van der Waals surface area contributed by atoms with Crippen LogP contribution in [-0.4, -0.2) is 86.8 Å². The molecular formula is C24H34N4O7. The van der Waals surface area contributed by atoms with Gasteiger partial charge in [-0.25, -0.2) is 0 Å². The summed E-state index contributed by atoms with van der Waals surface area (Å²) in [4.78, 5) is 26.8. The number of carbonyl (C=O) groups excluding carboxylic acids is 2. The third-order valence-electron chi connectivity index (χ3n) is 5.37. The number of hydrogen-bond donors (Lipinski definition) is 2.